The smallest absolute Gasteiger partial charge is 0.0447 e. The Morgan fingerprint density at radius 1 is 1.00 bits per heavy atom. The van der Waals surface area contributed by atoms with Crippen LogP contribution >= 0.6 is 0 Å². The molecule has 0 bridgehead atoms. The Morgan fingerprint density at radius 2 is 1.53 bits per heavy atom. The van der Waals surface area contributed by atoms with Crippen LogP contribution < -0.4 is 15.8 Å². The first kappa shape index (κ1) is 9.78. The molecular formula is C14H15N. The summed E-state index contributed by atoms with van der Waals surface area (Å²) in [6.07, 6.45) is 0. The Labute approximate surface area is 89.7 Å². The third-order valence-corrected chi connectivity index (χ3v) is 2.96. The lowest BCUT2D eigenvalue weighted by Crippen LogP contribution is -2.18. The quantitative estimate of drug-likeness (QED) is 0.737. The van der Waals surface area contributed by atoms with Crippen LogP contribution in [-0.2, 0) is 0 Å². The van der Waals surface area contributed by atoms with E-state index >= 15 is 0 Å². The van der Waals surface area contributed by atoms with Crippen molar-refractivity contribution in [2.75, 3.05) is 12.4 Å². The highest BCUT2D eigenvalue weighted by Gasteiger charge is 2.04. The molecule has 1 N–H and O–H groups in total. The maximum absolute atomic E-state index is 4.13. The molecule has 2 aromatic carbocycles. The summed E-state index contributed by atoms with van der Waals surface area (Å²) >= 11 is 0. The van der Waals surface area contributed by atoms with Gasteiger partial charge in [-0.25, -0.2) is 0 Å². The molecule has 0 amide bonds. The molecule has 0 saturated carbocycles. The molecule has 2 rings (SSSR count). The minimum absolute atomic E-state index is 1.05. The zero-order chi connectivity index (χ0) is 11.0. The largest absolute Gasteiger partial charge is 0.387 e. The molecule has 0 aliphatic heterocycles. The average Bonchev–Trinajstić information content (AvgIpc) is 2.27. The van der Waals surface area contributed by atoms with Gasteiger partial charge in [0.25, 0.3) is 0 Å². The number of hydrogen-bond donors (Lipinski definition) is 1. The van der Waals surface area contributed by atoms with Crippen LogP contribution in [-0.4, -0.2) is 7.05 Å². The molecule has 1 heteroatoms. The number of hydrogen-bond acceptors (Lipinski definition) is 1. The summed E-state index contributed by atoms with van der Waals surface area (Å²) < 4.78 is 0. The van der Waals surface area contributed by atoms with Crippen molar-refractivity contribution in [2.45, 2.75) is 6.92 Å². The second kappa shape index (κ2) is 3.43. The zero-order valence-electron chi connectivity index (χ0n) is 9.22. The molecule has 0 radical (unpaired) electrons. The van der Waals surface area contributed by atoms with Crippen molar-refractivity contribution in [1.29, 1.82) is 0 Å². The van der Waals surface area contributed by atoms with Crippen molar-refractivity contribution in [1.82, 2.24) is 0 Å². The minimum Gasteiger partial charge on any atom is -0.387 e. The van der Waals surface area contributed by atoms with Gasteiger partial charge in [0.1, 0.15) is 0 Å². The lowest BCUT2D eigenvalue weighted by molar-refractivity contribution is 1.38. The fraction of sp³-hybridized carbons (Fsp3) is 0.143. The molecule has 0 atom stereocenters. The fourth-order valence-electron chi connectivity index (χ4n) is 2.06. The van der Waals surface area contributed by atoms with Crippen LogP contribution in [0, 0.1) is 6.92 Å². The Balaban J connectivity index is 3.10. The molecule has 0 heterocycles. The summed E-state index contributed by atoms with van der Waals surface area (Å²) in [5.74, 6) is 0. The van der Waals surface area contributed by atoms with Crippen LogP contribution in [0.25, 0.3) is 23.9 Å². The summed E-state index contributed by atoms with van der Waals surface area (Å²) in [4.78, 5) is 0. The third-order valence-electron chi connectivity index (χ3n) is 2.96. The van der Waals surface area contributed by atoms with Gasteiger partial charge in [-0.3, -0.25) is 0 Å². The minimum atomic E-state index is 1.05. The molecule has 0 spiro atoms. The maximum atomic E-state index is 4.13. The van der Waals surface area contributed by atoms with Gasteiger partial charge < -0.3 is 5.32 Å². The highest BCUT2D eigenvalue weighted by atomic mass is 14.8. The number of rotatable bonds is 1. The van der Waals surface area contributed by atoms with Gasteiger partial charge in [-0.2, -0.15) is 0 Å². The van der Waals surface area contributed by atoms with Gasteiger partial charge in [0.05, 0.1) is 0 Å². The molecule has 0 fully saturated rings. The highest BCUT2D eigenvalue weighted by molar-refractivity contribution is 5.88. The summed E-state index contributed by atoms with van der Waals surface area (Å²) in [6.45, 7) is 10.3. The molecule has 15 heavy (non-hydrogen) atoms. The van der Waals surface area contributed by atoms with Crippen LogP contribution in [0.5, 0.6) is 0 Å². The van der Waals surface area contributed by atoms with Crippen LogP contribution in [0.2, 0.25) is 0 Å². The van der Waals surface area contributed by atoms with Gasteiger partial charge in [0.15, 0.2) is 0 Å². The number of anilines is 1. The predicted octanol–water partition coefficient (Wildman–Crippen LogP) is 2.01. The first-order valence-corrected chi connectivity index (χ1v) is 5.03. The summed E-state index contributed by atoms with van der Waals surface area (Å²) in [6, 6.07) is 8.26. The lowest BCUT2D eigenvalue weighted by Gasteiger charge is -2.10. The van der Waals surface area contributed by atoms with E-state index in [2.05, 4.69) is 37.5 Å². The molecule has 76 valence electrons. The van der Waals surface area contributed by atoms with Crippen molar-refractivity contribution < 1.29 is 0 Å². The first-order chi connectivity index (χ1) is 7.16. The van der Waals surface area contributed by atoms with Crippen LogP contribution in [0.4, 0.5) is 5.69 Å². The second-order valence-electron chi connectivity index (χ2n) is 3.75. The van der Waals surface area contributed by atoms with E-state index in [1.807, 2.05) is 19.2 Å². The van der Waals surface area contributed by atoms with E-state index in [1.165, 1.54) is 16.3 Å². The summed E-state index contributed by atoms with van der Waals surface area (Å²) in [5.41, 5.74) is 2.28. The number of nitrogens with one attached hydrogen (secondary N) is 1. The van der Waals surface area contributed by atoms with Gasteiger partial charge >= 0.3 is 0 Å². The molecule has 0 unspecified atom stereocenters. The fourth-order valence-corrected chi connectivity index (χ4v) is 2.06. The average molecular weight is 197 g/mol. The van der Waals surface area contributed by atoms with Gasteiger partial charge in [0.2, 0.25) is 0 Å². The van der Waals surface area contributed by atoms with E-state index < -0.39 is 0 Å². The number of fused-ring (bicyclic) bond motifs is 1. The first-order valence-electron chi connectivity index (χ1n) is 5.03. The van der Waals surface area contributed by atoms with Crippen molar-refractivity contribution in [2.24, 2.45) is 0 Å². The van der Waals surface area contributed by atoms with Gasteiger partial charge in [0, 0.05) is 12.7 Å². The van der Waals surface area contributed by atoms with Crippen molar-refractivity contribution in [3.8, 4) is 0 Å². The molecule has 0 aliphatic carbocycles. The monoisotopic (exact) mass is 197 g/mol. The van der Waals surface area contributed by atoms with E-state index in [0.717, 1.165) is 16.1 Å². The topological polar surface area (TPSA) is 12.0 Å². The maximum Gasteiger partial charge on any atom is 0.0447 e. The zero-order valence-corrected chi connectivity index (χ0v) is 9.22. The molecule has 0 aromatic heterocycles. The van der Waals surface area contributed by atoms with Crippen LogP contribution in [0.15, 0.2) is 24.3 Å². The van der Waals surface area contributed by atoms with E-state index in [-0.39, 0.29) is 0 Å². The Morgan fingerprint density at radius 3 is 2.07 bits per heavy atom. The van der Waals surface area contributed by atoms with Crippen molar-refractivity contribution in [3.05, 3.63) is 40.3 Å². The number of benzene rings is 2. The van der Waals surface area contributed by atoms with E-state index in [0.29, 0.717) is 0 Å². The van der Waals surface area contributed by atoms with Crippen LogP contribution in [0.3, 0.4) is 0 Å². The third kappa shape index (κ3) is 1.32. The SMILES string of the molecule is C=c1c(C)c(NC)c(=C)c2ccccc12. The Hall–Kier alpha value is -1.76. The lowest BCUT2D eigenvalue weighted by atomic mass is 10.0. The van der Waals surface area contributed by atoms with E-state index in [4.69, 9.17) is 0 Å². The second-order valence-corrected chi connectivity index (χ2v) is 3.75. The summed E-state index contributed by atoms with van der Waals surface area (Å²) in [7, 11) is 1.92. The predicted molar refractivity (Wildman–Crippen MR) is 68.5 cm³/mol. The van der Waals surface area contributed by atoms with E-state index in [1.54, 1.807) is 0 Å². The van der Waals surface area contributed by atoms with Crippen molar-refractivity contribution >= 4 is 29.6 Å². The van der Waals surface area contributed by atoms with Gasteiger partial charge in [-0.05, 0) is 33.7 Å². The normalized spacial score (nSPS) is 10.5. The summed E-state index contributed by atoms with van der Waals surface area (Å²) in [5, 5.41) is 7.70. The highest BCUT2D eigenvalue weighted by Crippen LogP contribution is 2.11. The van der Waals surface area contributed by atoms with Crippen LogP contribution in [0.1, 0.15) is 5.56 Å². The standard InChI is InChI=1S/C14H15N/c1-9-10(2)14(15-4)11(3)13-8-6-5-7-12(9)13/h5-8,15H,1,3H2,2,4H3. The Bertz CT molecular complexity index is 611. The molecule has 0 aliphatic rings. The Kier molecular flexibility index (Phi) is 2.24. The molecule has 2 aromatic rings. The molecule has 0 saturated heterocycles. The van der Waals surface area contributed by atoms with Gasteiger partial charge in [-0.15, -0.1) is 0 Å². The molecule has 1 nitrogen and oxygen atoms in total. The van der Waals surface area contributed by atoms with Gasteiger partial charge in [-0.1, -0.05) is 37.4 Å². The van der Waals surface area contributed by atoms with E-state index in [9.17, 15) is 0 Å². The molecular weight excluding hydrogens is 182 g/mol. The van der Waals surface area contributed by atoms with Crippen molar-refractivity contribution in [3.63, 3.8) is 0 Å².